The second-order valence-corrected chi connectivity index (χ2v) is 6.38. The molecule has 1 fully saturated rings. The molecular formula is C17H23ClN2O4. The number of likely N-dealkylation sites (tertiary alicyclic amines) is 1. The summed E-state index contributed by atoms with van der Waals surface area (Å²) in [6, 6.07) is 5.22. The van der Waals surface area contributed by atoms with Crippen LogP contribution in [0.2, 0.25) is 0 Å². The highest BCUT2D eigenvalue weighted by Crippen LogP contribution is 2.28. The Morgan fingerprint density at radius 2 is 1.75 bits per heavy atom. The van der Waals surface area contributed by atoms with Crippen molar-refractivity contribution in [3.8, 4) is 11.5 Å². The Bertz CT molecular complexity index is 576. The van der Waals surface area contributed by atoms with Gasteiger partial charge < -0.3 is 19.7 Å². The molecule has 2 rings (SSSR count). The normalized spacial score (nSPS) is 16.4. The average molecular weight is 355 g/mol. The zero-order valence-electron chi connectivity index (χ0n) is 14.2. The SMILES string of the molecule is COc1cccc(OC)c1C(=O)NC1CCN(C(=O)C(C)Cl)CC1. The first-order valence-corrected chi connectivity index (χ1v) is 8.36. The third kappa shape index (κ3) is 4.12. The molecule has 7 heteroatoms. The fraction of sp³-hybridized carbons (Fsp3) is 0.529. The summed E-state index contributed by atoms with van der Waals surface area (Å²) in [5, 5.41) is 2.48. The minimum atomic E-state index is -0.519. The number of piperidine rings is 1. The van der Waals surface area contributed by atoms with Gasteiger partial charge in [0.05, 0.1) is 14.2 Å². The van der Waals surface area contributed by atoms with Crippen LogP contribution in [0.3, 0.4) is 0 Å². The van der Waals surface area contributed by atoms with E-state index in [-0.39, 0.29) is 17.9 Å². The maximum atomic E-state index is 12.6. The van der Waals surface area contributed by atoms with Gasteiger partial charge >= 0.3 is 0 Å². The van der Waals surface area contributed by atoms with Crippen molar-refractivity contribution in [2.75, 3.05) is 27.3 Å². The molecule has 1 saturated heterocycles. The minimum Gasteiger partial charge on any atom is -0.496 e. The van der Waals surface area contributed by atoms with Crippen molar-refractivity contribution in [2.24, 2.45) is 0 Å². The topological polar surface area (TPSA) is 67.9 Å². The van der Waals surface area contributed by atoms with Crippen LogP contribution in [0.5, 0.6) is 11.5 Å². The standard InChI is InChI=1S/C17H23ClN2O4/c1-11(18)17(22)20-9-7-12(8-10-20)19-16(21)15-13(23-2)5-4-6-14(15)24-3/h4-6,11-12H,7-10H2,1-3H3,(H,19,21). The molecule has 132 valence electrons. The number of hydrogen-bond donors (Lipinski definition) is 1. The lowest BCUT2D eigenvalue weighted by atomic mass is 10.0. The number of rotatable bonds is 5. The molecule has 1 aromatic rings. The highest BCUT2D eigenvalue weighted by Gasteiger charge is 2.27. The predicted octanol–water partition coefficient (Wildman–Crippen LogP) is 2.05. The number of nitrogens with zero attached hydrogens (tertiary/aromatic N) is 1. The van der Waals surface area contributed by atoms with Crippen molar-refractivity contribution < 1.29 is 19.1 Å². The third-order valence-corrected chi connectivity index (χ3v) is 4.32. The fourth-order valence-corrected chi connectivity index (χ4v) is 2.97. The number of benzene rings is 1. The van der Waals surface area contributed by atoms with Crippen molar-refractivity contribution in [3.63, 3.8) is 0 Å². The molecule has 2 amide bonds. The summed E-state index contributed by atoms with van der Waals surface area (Å²) >= 11 is 5.84. The highest BCUT2D eigenvalue weighted by molar-refractivity contribution is 6.30. The number of halogens is 1. The monoisotopic (exact) mass is 354 g/mol. The largest absolute Gasteiger partial charge is 0.496 e. The lowest BCUT2D eigenvalue weighted by Crippen LogP contribution is -2.48. The van der Waals surface area contributed by atoms with E-state index in [9.17, 15) is 9.59 Å². The zero-order valence-corrected chi connectivity index (χ0v) is 14.9. The van der Waals surface area contributed by atoms with Gasteiger partial charge in [0.1, 0.15) is 22.4 Å². The summed E-state index contributed by atoms with van der Waals surface area (Å²) in [4.78, 5) is 26.3. The summed E-state index contributed by atoms with van der Waals surface area (Å²) in [5.41, 5.74) is 0.385. The van der Waals surface area contributed by atoms with Crippen molar-refractivity contribution in [2.45, 2.75) is 31.2 Å². The summed E-state index contributed by atoms with van der Waals surface area (Å²) in [5.74, 6) is 0.637. The molecule has 1 aliphatic heterocycles. The van der Waals surface area contributed by atoms with Gasteiger partial charge in [0.15, 0.2) is 0 Å². The third-order valence-electron chi connectivity index (χ3n) is 4.14. The molecule has 0 saturated carbocycles. The van der Waals surface area contributed by atoms with Crippen LogP contribution in [0.1, 0.15) is 30.1 Å². The first-order valence-electron chi connectivity index (χ1n) is 7.92. The van der Waals surface area contributed by atoms with Crippen molar-refractivity contribution in [3.05, 3.63) is 23.8 Å². The van der Waals surface area contributed by atoms with E-state index < -0.39 is 5.38 Å². The van der Waals surface area contributed by atoms with Gasteiger partial charge in [-0.05, 0) is 31.9 Å². The van der Waals surface area contributed by atoms with Gasteiger partial charge in [-0.3, -0.25) is 9.59 Å². The second kappa shape index (κ2) is 8.24. The molecule has 1 N–H and O–H groups in total. The molecule has 0 radical (unpaired) electrons. The zero-order chi connectivity index (χ0) is 17.7. The number of amides is 2. The molecule has 24 heavy (non-hydrogen) atoms. The van der Waals surface area contributed by atoms with Crippen LogP contribution in [0.25, 0.3) is 0 Å². The summed E-state index contributed by atoms with van der Waals surface area (Å²) in [6.45, 7) is 2.85. The first kappa shape index (κ1) is 18.4. The second-order valence-electron chi connectivity index (χ2n) is 5.73. The van der Waals surface area contributed by atoms with E-state index in [1.165, 1.54) is 14.2 Å². The summed E-state index contributed by atoms with van der Waals surface area (Å²) in [7, 11) is 3.03. The van der Waals surface area contributed by atoms with Gasteiger partial charge in [0.2, 0.25) is 5.91 Å². The van der Waals surface area contributed by atoms with E-state index in [1.807, 2.05) is 0 Å². The lowest BCUT2D eigenvalue weighted by molar-refractivity contribution is -0.131. The fourth-order valence-electron chi connectivity index (χ4n) is 2.83. The summed E-state index contributed by atoms with van der Waals surface area (Å²) < 4.78 is 10.5. The molecule has 1 atom stereocenters. The lowest BCUT2D eigenvalue weighted by Gasteiger charge is -2.33. The number of hydrogen-bond acceptors (Lipinski definition) is 4. The van der Waals surface area contributed by atoms with E-state index >= 15 is 0 Å². The molecule has 0 spiro atoms. The van der Waals surface area contributed by atoms with Crippen molar-refractivity contribution in [1.29, 1.82) is 0 Å². The van der Waals surface area contributed by atoms with E-state index in [0.29, 0.717) is 43.0 Å². The minimum absolute atomic E-state index is 0.00167. The Kier molecular flexibility index (Phi) is 6.31. The molecule has 0 bridgehead atoms. The molecule has 0 aliphatic carbocycles. The Balaban J connectivity index is 2.01. The van der Waals surface area contributed by atoms with Gasteiger partial charge in [-0.25, -0.2) is 0 Å². The molecular weight excluding hydrogens is 332 g/mol. The highest BCUT2D eigenvalue weighted by atomic mass is 35.5. The van der Waals surface area contributed by atoms with E-state index in [0.717, 1.165) is 0 Å². The van der Waals surface area contributed by atoms with Crippen LogP contribution in [0.4, 0.5) is 0 Å². The van der Waals surface area contributed by atoms with Crippen LogP contribution in [-0.2, 0) is 4.79 Å². The van der Waals surface area contributed by atoms with Gasteiger partial charge in [0.25, 0.3) is 5.91 Å². The van der Waals surface area contributed by atoms with Crippen molar-refractivity contribution in [1.82, 2.24) is 10.2 Å². The maximum Gasteiger partial charge on any atom is 0.259 e. The van der Waals surface area contributed by atoms with Crippen LogP contribution < -0.4 is 14.8 Å². The van der Waals surface area contributed by atoms with E-state index in [2.05, 4.69) is 5.32 Å². The Morgan fingerprint density at radius 3 is 2.21 bits per heavy atom. The smallest absolute Gasteiger partial charge is 0.259 e. The number of alkyl halides is 1. The number of nitrogens with one attached hydrogen (secondary N) is 1. The number of ether oxygens (including phenoxy) is 2. The van der Waals surface area contributed by atoms with Gasteiger partial charge in [-0.15, -0.1) is 11.6 Å². The first-order chi connectivity index (χ1) is 11.5. The Labute approximate surface area is 147 Å². The Hall–Kier alpha value is -1.95. The van der Waals surface area contributed by atoms with Crippen LogP contribution in [0, 0.1) is 0 Å². The van der Waals surface area contributed by atoms with Gasteiger partial charge in [-0.1, -0.05) is 6.07 Å². The molecule has 0 aromatic heterocycles. The number of carbonyl (C=O) groups excluding carboxylic acids is 2. The molecule has 6 nitrogen and oxygen atoms in total. The predicted molar refractivity (Wildman–Crippen MR) is 91.9 cm³/mol. The molecule has 1 unspecified atom stereocenters. The quantitative estimate of drug-likeness (QED) is 0.822. The molecule has 1 aromatic carbocycles. The van der Waals surface area contributed by atoms with Gasteiger partial charge in [0, 0.05) is 19.1 Å². The number of carbonyl (C=O) groups is 2. The maximum absolute atomic E-state index is 12.6. The van der Waals surface area contributed by atoms with Crippen LogP contribution in [-0.4, -0.2) is 55.4 Å². The average Bonchev–Trinajstić information content (AvgIpc) is 2.60. The molecule has 1 aliphatic rings. The Morgan fingerprint density at radius 1 is 1.21 bits per heavy atom. The van der Waals surface area contributed by atoms with Gasteiger partial charge in [-0.2, -0.15) is 0 Å². The van der Waals surface area contributed by atoms with E-state index in [1.54, 1.807) is 30.0 Å². The van der Waals surface area contributed by atoms with Crippen LogP contribution in [0.15, 0.2) is 18.2 Å². The molecule has 1 heterocycles. The summed E-state index contributed by atoms with van der Waals surface area (Å²) in [6.07, 6.45) is 1.39. The van der Waals surface area contributed by atoms with Crippen LogP contribution >= 0.6 is 11.6 Å². The van der Waals surface area contributed by atoms with Crippen molar-refractivity contribution >= 4 is 23.4 Å². The number of methoxy groups -OCH3 is 2. The van der Waals surface area contributed by atoms with E-state index in [4.69, 9.17) is 21.1 Å².